The third kappa shape index (κ3) is 6.29. The van der Waals surface area contributed by atoms with Crippen molar-refractivity contribution in [1.82, 2.24) is 19.4 Å². The Bertz CT molecular complexity index is 2090. The van der Waals surface area contributed by atoms with Crippen LogP contribution >= 0.6 is 11.6 Å². The van der Waals surface area contributed by atoms with Gasteiger partial charge in [-0.3, -0.25) is 33.4 Å². The van der Waals surface area contributed by atoms with Gasteiger partial charge in [0, 0.05) is 10.6 Å². The molecule has 0 bridgehead atoms. The lowest BCUT2D eigenvalue weighted by molar-refractivity contribution is -0.120. The van der Waals surface area contributed by atoms with Crippen molar-refractivity contribution in [3.8, 4) is 0 Å². The number of carbonyl (C=O) groups excluding carboxylic acids is 4. The molecule has 3 amide bonds. The van der Waals surface area contributed by atoms with Crippen molar-refractivity contribution in [2.75, 3.05) is 13.1 Å². The van der Waals surface area contributed by atoms with Crippen LogP contribution in [-0.4, -0.2) is 55.9 Å². The van der Waals surface area contributed by atoms with Crippen LogP contribution in [0.5, 0.6) is 0 Å². The highest BCUT2D eigenvalue weighted by molar-refractivity contribution is 6.31. The van der Waals surface area contributed by atoms with E-state index >= 15 is 0 Å². The maximum atomic E-state index is 14.4. The Morgan fingerprint density at radius 2 is 1.46 bits per heavy atom. The summed E-state index contributed by atoms with van der Waals surface area (Å²) in [4.78, 5) is 75.9. The molecule has 1 atom stereocenters. The number of halogens is 1. The summed E-state index contributed by atoms with van der Waals surface area (Å²) in [6.07, 6.45) is 0. The summed E-state index contributed by atoms with van der Waals surface area (Å²) in [5.74, 6) is -2.18. The number of carbonyl (C=O) groups is 4. The molecule has 5 aromatic rings. The van der Waals surface area contributed by atoms with Crippen molar-refractivity contribution < 1.29 is 19.2 Å². The summed E-state index contributed by atoms with van der Waals surface area (Å²) in [6.45, 7) is 4.87. The molecule has 0 saturated heterocycles. The first kappa shape index (κ1) is 32.5. The van der Waals surface area contributed by atoms with Crippen LogP contribution < -0.4 is 5.56 Å². The van der Waals surface area contributed by atoms with Gasteiger partial charge in [0.15, 0.2) is 5.78 Å². The van der Waals surface area contributed by atoms with E-state index in [0.717, 1.165) is 16.0 Å². The van der Waals surface area contributed by atoms with E-state index in [0.29, 0.717) is 21.5 Å². The van der Waals surface area contributed by atoms with Crippen LogP contribution in [-0.2, 0) is 11.3 Å². The van der Waals surface area contributed by atoms with Crippen molar-refractivity contribution in [3.05, 3.63) is 146 Å². The molecule has 242 valence electrons. The summed E-state index contributed by atoms with van der Waals surface area (Å²) in [6, 6.07) is 26.8. The minimum Gasteiger partial charge on any atom is -0.321 e. The predicted octanol–water partition coefficient (Wildman–Crippen LogP) is 6.11. The molecule has 48 heavy (non-hydrogen) atoms. The van der Waals surface area contributed by atoms with Crippen LogP contribution in [0.25, 0.3) is 10.9 Å². The lowest BCUT2D eigenvalue weighted by Gasteiger charge is -2.35. The third-order valence-corrected chi connectivity index (χ3v) is 8.72. The number of aromatic nitrogens is 2. The Morgan fingerprint density at radius 1 is 0.833 bits per heavy atom. The normalized spacial score (nSPS) is 13.2. The van der Waals surface area contributed by atoms with Gasteiger partial charge in [-0.05, 0) is 60.9 Å². The van der Waals surface area contributed by atoms with Crippen molar-refractivity contribution in [1.29, 1.82) is 0 Å². The molecule has 10 heteroatoms. The number of benzene rings is 4. The Morgan fingerprint density at radius 3 is 2.08 bits per heavy atom. The molecule has 0 spiro atoms. The highest BCUT2D eigenvalue weighted by Crippen LogP contribution is 2.31. The highest BCUT2D eigenvalue weighted by Gasteiger charge is 2.38. The first-order valence-corrected chi connectivity index (χ1v) is 16.0. The van der Waals surface area contributed by atoms with Gasteiger partial charge in [-0.1, -0.05) is 85.6 Å². The Balaban J connectivity index is 1.46. The van der Waals surface area contributed by atoms with E-state index in [1.165, 1.54) is 4.90 Å². The van der Waals surface area contributed by atoms with Crippen molar-refractivity contribution in [2.24, 2.45) is 5.92 Å². The minimum atomic E-state index is -0.871. The van der Waals surface area contributed by atoms with Crippen LogP contribution in [0.1, 0.15) is 67.9 Å². The predicted molar refractivity (Wildman–Crippen MR) is 183 cm³/mol. The van der Waals surface area contributed by atoms with E-state index in [-0.39, 0.29) is 35.0 Å². The lowest BCUT2D eigenvalue weighted by Crippen LogP contribution is -2.46. The molecule has 1 aliphatic rings. The molecule has 9 nitrogen and oxygen atoms in total. The molecule has 0 radical (unpaired) electrons. The average molecular weight is 661 g/mol. The van der Waals surface area contributed by atoms with Gasteiger partial charge in [0.2, 0.25) is 0 Å². The number of hydrogen-bond acceptors (Lipinski definition) is 6. The fourth-order valence-electron chi connectivity index (χ4n) is 6.11. The number of amides is 3. The van der Waals surface area contributed by atoms with Gasteiger partial charge in [-0.25, -0.2) is 4.98 Å². The molecule has 1 aliphatic heterocycles. The Hall–Kier alpha value is -5.41. The topological polar surface area (TPSA) is 110 Å². The van der Waals surface area contributed by atoms with E-state index < -0.39 is 42.6 Å². The first-order valence-electron chi connectivity index (χ1n) is 15.6. The van der Waals surface area contributed by atoms with Crippen LogP contribution in [0.2, 0.25) is 5.02 Å². The van der Waals surface area contributed by atoms with Gasteiger partial charge in [-0.15, -0.1) is 0 Å². The SMILES string of the molecule is Cc1ccc(C(=O)N(CC(=O)CN2C(=O)c3ccccc3C2=O)[C@@H](c2nc3cc(Cl)ccc3c(=O)n2Cc2ccccc2)C(C)C)cc1. The molecule has 1 aromatic heterocycles. The van der Waals surface area contributed by atoms with Crippen molar-refractivity contribution in [2.45, 2.75) is 33.4 Å². The van der Waals surface area contributed by atoms with Crippen molar-refractivity contribution in [3.63, 3.8) is 0 Å². The largest absolute Gasteiger partial charge is 0.321 e. The van der Waals surface area contributed by atoms with Gasteiger partial charge in [0.25, 0.3) is 23.3 Å². The van der Waals surface area contributed by atoms with Crippen LogP contribution in [0.4, 0.5) is 0 Å². The maximum Gasteiger partial charge on any atom is 0.261 e. The standard InChI is InChI=1S/C38H33ClN4O5/c1-23(2)33(34-40-32-19-27(39)17-18-31(32)38(48)42(34)20-25-9-5-4-6-10-25)41(35(45)26-15-13-24(3)14-16-26)21-28(44)22-43-36(46)29-11-7-8-12-30(29)37(43)47/h4-19,23,33H,20-22H2,1-3H3/t33-/m1/s1. The Kier molecular flexibility index (Phi) is 9.06. The van der Waals surface area contributed by atoms with Gasteiger partial charge in [0.1, 0.15) is 5.82 Å². The molecular formula is C38H33ClN4O5. The zero-order chi connectivity index (χ0) is 34.1. The van der Waals surface area contributed by atoms with Gasteiger partial charge < -0.3 is 4.90 Å². The molecule has 0 unspecified atom stereocenters. The molecule has 0 saturated carbocycles. The number of Topliss-reactive ketones (excluding diaryl/α,β-unsaturated/α-hetero) is 1. The zero-order valence-electron chi connectivity index (χ0n) is 26.7. The molecule has 2 heterocycles. The fourth-order valence-corrected chi connectivity index (χ4v) is 6.28. The van der Waals surface area contributed by atoms with Crippen molar-refractivity contribution >= 4 is 46.0 Å². The smallest absolute Gasteiger partial charge is 0.261 e. The average Bonchev–Trinajstić information content (AvgIpc) is 3.31. The Labute approximate surface area is 282 Å². The molecular weight excluding hydrogens is 628 g/mol. The number of ketones is 1. The van der Waals surface area contributed by atoms with Gasteiger partial charge in [0.05, 0.1) is 47.7 Å². The summed E-state index contributed by atoms with van der Waals surface area (Å²) < 4.78 is 1.54. The van der Waals surface area contributed by atoms with Crippen LogP contribution in [0, 0.1) is 12.8 Å². The zero-order valence-corrected chi connectivity index (χ0v) is 27.5. The summed E-state index contributed by atoms with van der Waals surface area (Å²) in [5.41, 5.74) is 2.62. The monoisotopic (exact) mass is 660 g/mol. The lowest BCUT2D eigenvalue weighted by atomic mass is 9.98. The minimum absolute atomic E-state index is 0.166. The van der Waals surface area contributed by atoms with Crippen LogP contribution in [0.15, 0.2) is 102 Å². The first-order chi connectivity index (χ1) is 23.0. The van der Waals surface area contributed by atoms with Gasteiger partial charge in [-0.2, -0.15) is 0 Å². The number of rotatable bonds is 10. The summed E-state index contributed by atoms with van der Waals surface area (Å²) in [7, 11) is 0. The third-order valence-electron chi connectivity index (χ3n) is 8.48. The second-order valence-corrected chi connectivity index (χ2v) is 12.7. The fraction of sp³-hybridized carbons (Fsp3) is 0.211. The highest BCUT2D eigenvalue weighted by atomic mass is 35.5. The maximum absolute atomic E-state index is 14.4. The van der Waals surface area contributed by atoms with E-state index in [2.05, 4.69) is 0 Å². The second-order valence-electron chi connectivity index (χ2n) is 12.3. The quantitative estimate of drug-likeness (QED) is 0.167. The molecule has 4 aromatic carbocycles. The van der Waals surface area contributed by atoms with E-state index in [4.69, 9.17) is 16.6 Å². The van der Waals surface area contributed by atoms with Gasteiger partial charge >= 0.3 is 0 Å². The number of imide groups is 1. The van der Waals surface area contributed by atoms with Crippen LogP contribution in [0.3, 0.4) is 0 Å². The van der Waals surface area contributed by atoms with E-state index in [9.17, 15) is 24.0 Å². The van der Waals surface area contributed by atoms with E-state index in [1.807, 2.05) is 51.1 Å². The number of aryl methyl sites for hydroxylation is 1. The molecule has 6 rings (SSSR count). The summed E-state index contributed by atoms with van der Waals surface area (Å²) >= 11 is 6.33. The number of fused-ring (bicyclic) bond motifs is 2. The number of hydrogen-bond donors (Lipinski definition) is 0. The number of nitrogens with zero attached hydrogens (tertiary/aromatic N) is 4. The second kappa shape index (κ2) is 13.4. The molecule has 0 N–H and O–H groups in total. The van der Waals surface area contributed by atoms with E-state index in [1.54, 1.807) is 71.3 Å². The molecule has 0 aliphatic carbocycles. The molecule has 0 fully saturated rings. The summed E-state index contributed by atoms with van der Waals surface area (Å²) in [5, 5.41) is 0.755.